The van der Waals surface area contributed by atoms with Crippen molar-refractivity contribution in [2.75, 3.05) is 0 Å². The minimum absolute atomic E-state index is 0.0235. The lowest BCUT2D eigenvalue weighted by atomic mass is 9.93. The number of carboxylic acids is 1. The molecule has 1 aromatic heterocycles. The zero-order valence-corrected chi connectivity index (χ0v) is 11.7. The average Bonchev–Trinajstić information content (AvgIpc) is 2.82. The summed E-state index contributed by atoms with van der Waals surface area (Å²) >= 11 is 0.706. The molecule has 1 aromatic rings. The lowest BCUT2D eigenvalue weighted by Gasteiger charge is -2.27. The Hall–Kier alpha value is -0.960. The molecule has 0 aliphatic heterocycles. The quantitative estimate of drug-likeness (QED) is 0.770. The second-order valence-corrected chi connectivity index (χ2v) is 7.53. The van der Waals surface area contributed by atoms with E-state index >= 15 is 0 Å². The highest BCUT2D eigenvalue weighted by atomic mass is 32.2. The fourth-order valence-electron chi connectivity index (χ4n) is 2.09. The second kappa shape index (κ2) is 5.58. The van der Waals surface area contributed by atoms with Gasteiger partial charge in [0.25, 0.3) is 0 Å². The first kappa shape index (κ1) is 14.4. The number of hydrogen-bond donors (Lipinski definition) is 3. The van der Waals surface area contributed by atoms with Crippen LogP contribution in [0.25, 0.3) is 0 Å². The van der Waals surface area contributed by atoms with Crippen LogP contribution in [-0.4, -0.2) is 36.7 Å². The molecule has 1 aliphatic rings. The average molecular weight is 305 g/mol. The van der Waals surface area contributed by atoms with E-state index in [1.54, 1.807) is 0 Å². The molecule has 106 valence electrons. The first-order chi connectivity index (χ1) is 8.90. The molecule has 1 saturated carbocycles. The van der Waals surface area contributed by atoms with Crippen LogP contribution >= 0.6 is 11.3 Å². The number of aliphatic hydroxyl groups is 1. The van der Waals surface area contributed by atoms with Crippen molar-refractivity contribution in [1.82, 2.24) is 4.72 Å². The van der Waals surface area contributed by atoms with Gasteiger partial charge in [-0.15, -0.1) is 11.3 Å². The van der Waals surface area contributed by atoms with Gasteiger partial charge in [-0.05, 0) is 25.0 Å². The number of rotatable bonds is 4. The molecule has 0 aromatic carbocycles. The Morgan fingerprint density at radius 3 is 2.58 bits per heavy atom. The SMILES string of the molecule is O=C(O)c1ccc(S(=O)(=O)N[C@@H]2CCCC[C@H]2O)s1. The van der Waals surface area contributed by atoms with Crippen LogP contribution in [0.3, 0.4) is 0 Å². The Balaban J connectivity index is 2.15. The van der Waals surface area contributed by atoms with E-state index in [9.17, 15) is 18.3 Å². The molecule has 6 nitrogen and oxygen atoms in total. The largest absolute Gasteiger partial charge is 0.477 e. The maximum absolute atomic E-state index is 12.1. The van der Waals surface area contributed by atoms with Gasteiger partial charge in [0, 0.05) is 6.04 Å². The van der Waals surface area contributed by atoms with Gasteiger partial charge in [-0.2, -0.15) is 0 Å². The van der Waals surface area contributed by atoms with E-state index in [4.69, 9.17) is 5.11 Å². The first-order valence-electron chi connectivity index (χ1n) is 5.93. The fraction of sp³-hybridized carbons (Fsp3) is 0.545. The monoisotopic (exact) mass is 305 g/mol. The van der Waals surface area contributed by atoms with Crippen molar-refractivity contribution in [3.63, 3.8) is 0 Å². The predicted octanol–water partition coefficient (Wildman–Crippen LogP) is 1.03. The molecule has 19 heavy (non-hydrogen) atoms. The molecule has 0 unspecified atom stereocenters. The van der Waals surface area contributed by atoms with E-state index in [1.807, 2.05) is 0 Å². The zero-order valence-electron chi connectivity index (χ0n) is 10.1. The predicted molar refractivity (Wildman–Crippen MR) is 69.9 cm³/mol. The summed E-state index contributed by atoms with van der Waals surface area (Å²) < 4.78 is 26.6. The van der Waals surface area contributed by atoms with Gasteiger partial charge in [0.15, 0.2) is 0 Å². The van der Waals surface area contributed by atoms with Crippen LogP contribution < -0.4 is 4.72 Å². The lowest BCUT2D eigenvalue weighted by Crippen LogP contribution is -2.44. The summed E-state index contributed by atoms with van der Waals surface area (Å²) in [6.07, 6.45) is 2.26. The summed E-state index contributed by atoms with van der Waals surface area (Å²) in [6, 6.07) is 2.04. The van der Waals surface area contributed by atoms with Crippen molar-refractivity contribution in [2.45, 2.75) is 42.0 Å². The summed E-state index contributed by atoms with van der Waals surface area (Å²) in [6.45, 7) is 0. The molecule has 3 N–H and O–H groups in total. The lowest BCUT2D eigenvalue weighted by molar-refractivity contribution is 0.0702. The van der Waals surface area contributed by atoms with Gasteiger partial charge in [0.2, 0.25) is 10.0 Å². The molecule has 0 spiro atoms. The summed E-state index contributed by atoms with van der Waals surface area (Å²) in [4.78, 5) is 10.7. The van der Waals surface area contributed by atoms with Crippen LogP contribution in [0.15, 0.2) is 16.3 Å². The Labute approximate surface area is 115 Å². The second-order valence-electron chi connectivity index (χ2n) is 4.50. The standard InChI is InChI=1S/C11H15NO5S2/c13-8-4-2-1-3-7(8)12-19(16,17)10-6-5-9(18-10)11(14)15/h5-8,12-13H,1-4H2,(H,14,15)/t7-,8-/m1/s1. The molecule has 1 aliphatic carbocycles. The molecule has 0 bridgehead atoms. The van der Waals surface area contributed by atoms with Crippen LogP contribution in [0.5, 0.6) is 0 Å². The van der Waals surface area contributed by atoms with Crippen molar-refractivity contribution in [3.8, 4) is 0 Å². The number of carboxylic acid groups (broad SMARTS) is 1. The molecule has 1 fully saturated rings. The third kappa shape index (κ3) is 3.33. The minimum atomic E-state index is -3.76. The van der Waals surface area contributed by atoms with Crippen molar-refractivity contribution in [1.29, 1.82) is 0 Å². The molecule has 0 amide bonds. The van der Waals surface area contributed by atoms with E-state index < -0.39 is 28.1 Å². The summed E-state index contributed by atoms with van der Waals surface area (Å²) in [7, 11) is -3.76. The van der Waals surface area contributed by atoms with Gasteiger partial charge in [0.05, 0.1) is 6.10 Å². The molecule has 8 heteroatoms. The molecule has 2 atom stereocenters. The number of nitrogens with one attached hydrogen (secondary N) is 1. The highest BCUT2D eigenvalue weighted by Gasteiger charge is 2.29. The Kier molecular flexibility index (Phi) is 4.24. The summed E-state index contributed by atoms with van der Waals surface area (Å²) in [5.41, 5.74) is 0. The number of hydrogen-bond acceptors (Lipinski definition) is 5. The number of aliphatic hydroxyl groups excluding tert-OH is 1. The first-order valence-corrected chi connectivity index (χ1v) is 8.23. The Morgan fingerprint density at radius 2 is 2.00 bits per heavy atom. The highest BCUT2D eigenvalue weighted by molar-refractivity contribution is 7.91. The summed E-state index contributed by atoms with van der Waals surface area (Å²) in [5.74, 6) is -1.15. The van der Waals surface area contributed by atoms with Crippen molar-refractivity contribution < 1.29 is 23.4 Å². The maximum atomic E-state index is 12.1. The molecular formula is C11H15NO5S2. The van der Waals surface area contributed by atoms with Crippen LogP contribution in [0.4, 0.5) is 0 Å². The van der Waals surface area contributed by atoms with E-state index in [0.717, 1.165) is 12.8 Å². The minimum Gasteiger partial charge on any atom is -0.477 e. The fourth-order valence-corrected chi connectivity index (χ4v) is 4.55. The summed E-state index contributed by atoms with van der Waals surface area (Å²) in [5, 5.41) is 18.5. The van der Waals surface area contributed by atoms with Gasteiger partial charge in [-0.1, -0.05) is 12.8 Å². The number of aromatic carboxylic acids is 1. The number of sulfonamides is 1. The van der Waals surface area contributed by atoms with Crippen LogP contribution in [0, 0.1) is 0 Å². The van der Waals surface area contributed by atoms with E-state index in [1.165, 1.54) is 12.1 Å². The van der Waals surface area contributed by atoms with Gasteiger partial charge < -0.3 is 10.2 Å². The van der Waals surface area contributed by atoms with Gasteiger partial charge in [-0.25, -0.2) is 17.9 Å². The number of carbonyl (C=O) groups is 1. The molecule has 0 radical (unpaired) electrons. The van der Waals surface area contributed by atoms with Gasteiger partial charge in [0.1, 0.15) is 9.09 Å². The molecular weight excluding hydrogens is 290 g/mol. The van der Waals surface area contributed by atoms with E-state index in [2.05, 4.69) is 4.72 Å². The Morgan fingerprint density at radius 1 is 1.32 bits per heavy atom. The number of thiophene rings is 1. The molecule has 1 heterocycles. The third-order valence-electron chi connectivity index (χ3n) is 3.09. The van der Waals surface area contributed by atoms with Gasteiger partial charge in [-0.3, -0.25) is 0 Å². The maximum Gasteiger partial charge on any atom is 0.345 e. The third-order valence-corrected chi connectivity index (χ3v) is 6.15. The van der Waals surface area contributed by atoms with Crippen LogP contribution in [0.1, 0.15) is 35.4 Å². The topological polar surface area (TPSA) is 104 Å². The van der Waals surface area contributed by atoms with Crippen LogP contribution in [0.2, 0.25) is 0 Å². The van der Waals surface area contributed by atoms with Crippen molar-refractivity contribution in [2.24, 2.45) is 0 Å². The van der Waals surface area contributed by atoms with Crippen molar-refractivity contribution in [3.05, 3.63) is 17.0 Å². The van der Waals surface area contributed by atoms with Crippen molar-refractivity contribution >= 4 is 27.3 Å². The molecule has 0 saturated heterocycles. The Bertz CT molecular complexity index is 565. The smallest absolute Gasteiger partial charge is 0.345 e. The van der Waals surface area contributed by atoms with Gasteiger partial charge >= 0.3 is 5.97 Å². The van der Waals surface area contributed by atoms with E-state index in [-0.39, 0.29) is 9.09 Å². The zero-order chi connectivity index (χ0) is 14.0. The van der Waals surface area contributed by atoms with E-state index in [0.29, 0.717) is 24.2 Å². The van der Waals surface area contributed by atoms with Crippen LogP contribution in [-0.2, 0) is 10.0 Å². The molecule has 2 rings (SSSR count). The highest BCUT2D eigenvalue weighted by Crippen LogP contribution is 2.24. The normalized spacial score (nSPS) is 24.3.